The minimum absolute atomic E-state index is 0.0931. The zero-order chi connectivity index (χ0) is 44.7. The van der Waals surface area contributed by atoms with Crippen molar-refractivity contribution in [3.8, 4) is 22.4 Å². The van der Waals surface area contributed by atoms with Gasteiger partial charge in [-0.3, -0.25) is 9.59 Å². The summed E-state index contributed by atoms with van der Waals surface area (Å²) in [6.07, 6.45) is -0.406. The number of methoxy groups -OCH3 is 2. The number of pyridine rings is 1. The van der Waals surface area contributed by atoms with Crippen LogP contribution in [0.25, 0.3) is 55.4 Å². The van der Waals surface area contributed by atoms with Crippen LogP contribution in [-0.2, 0) is 19.1 Å². The van der Waals surface area contributed by atoms with E-state index in [-0.39, 0.29) is 53.2 Å². The van der Waals surface area contributed by atoms with Crippen LogP contribution in [0.15, 0.2) is 66.7 Å². The molecule has 12 rings (SSSR count). The minimum Gasteiger partial charge on any atom is -0.453 e. The first kappa shape index (κ1) is 40.3. The first-order valence-corrected chi connectivity index (χ1v) is 22.5. The normalized spacial score (nSPS) is 28.0. The smallest absolute Gasteiger partial charge is 0.407 e. The molecule has 3 aliphatic carbocycles. The summed E-state index contributed by atoms with van der Waals surface area (Å²) in [5, 5.41) is 6.54. The fourth-order valence-electron chi connectivity index (χ4n) is 11.7. The van der Waals surface area contributed by atoms with E-state index in [0.29, 0.717) is 23.7 Å². The average Bonchev–Trinajstić information content (AvgIpc) is 3.86. The molecular formula is C49H53N9O6. The average molecular weight is 864 g/mol. The monoisotopic (exact) mass is 863 g/mol. The predicted octanol–water partition coefficient (Wildman–Crippen LogP) is 7.51. The van der Waals surface area contributed by atoms with Crippen LogP contribution < -0.4 is 10.6 Å². The molecule has 3 aromatic carbocycles. The molecule has 2 bridgehead atoms. The molecule has 3 aliphatic heterocycles. The van der Waals surface area contributed by atoms with Gasteiger partial charge in [0, 0.05) is 23.0 Å². The van der Waals surface area contributed by atoms with Crippen LogP contribution in [0.3, 0.4) is 0 Å². The summed E-state index contributed by atoms with van der Waals surface area (Å²) in [5.74, 6) is 2.72. The molecule has 0 spiro atoms. The second kappa shape index (κ2) is 14.2. The van der Waals surface area contributed by atoms with Gasteiger partial charge >= 0.3 is 12.2 Å². The van der Waals surface area contributed by atoms with E-state index in [9.17, 15) is 19.2 Å². The summed E-state index contributed by atoms with van der Waals surface area (Å²) in [4.78, 5) is 78.6. The summed E-state index contributed by atoms with van der Waals surface area (Å²) in [6, 6.07) is 21.2. The maximum absolute atomic E-state index is 14.1. The number of likely N-dealkylation sites (tertiary alicyclic amines) is 1. The van der Waals surface area contributed by atoms with E-state index in [1.807, 2.05) is 67.8 Å². The van der Waals surface area contributed by atoms with Gasteiger partial charge in [-0.1, -0.05) is 65.8 Å². The van der Waals surface area contributed by atoms with E-state index < -0.39 is 24.3 Å². The maximum atomic E-state index is 14.1. The third-order valence-corrected chi connectivity index (χ3v) is 15.4. The number of rotatable bonds is 10. The number of carbonyl (C=O) groups excluding carboxylic acids is 4. The number of hydrogen-bond acceptors (Lipinski definition) is 9. The highest BCUT2D eigenvalue weighted by Gasteiger charge is 2.94. The Morgan fingerprint density at radius 3 is 1.88 bits per heavy atom. The van der Waals surface area contributed by atoms with Crippen molar-refractivity contribution in [1.82, 2.24) is 45.4 Å². The van der Waals surface area contributed by atoms with Crippen molar-refractivity contribution in [2.24, 2.45) is 40.9 Å². The van der Waals surface area contributed by atoms with Crippen LogP contribution in [0.2, 0.25) is 0 Å². The lowest BCUT2D eigenvalue weighted by molar-refractivity contribution is -0.137. The van der Waals surface area contributed by atoms with Crippen molar-refractivity contribution in [2.75, 3.05) is 14.2 Å². The first-order valence-electron chi connectivity index (χ1n) is 22.5. The largest absolute Gasteiger partial charge is 0.453 e. The Morgan fingerprint density at radius 2 is 1.25 bits per heavy atom. The highest BCUT2D eigenvalue weighted by atomic mass is 16.5. The molecule has 6 heterocycles. The molecule has 4 N–H and O–H groups in total. The third-order valence-electron chi connectivity index (χ3n) is 15.4. The van der Waals surface area contributed by atoms with Crippen molar-refractivity contribution in [2.45, 2.75) is 84.2 Å². The van der Waals surface area contributed by atoms with Gasteiger partial charge in [0.05, 0.1) is 59.6 Å². The molecule has 6 fully saturated rings. The second-order valence-corrected chi connectivity index (χ2v) is 19.6. The molecule has 15 nitrogen and oxygen atoms in total. The number of alkyl carbamates (subject to hydrolysis) is 2. The number of aromatic nitrogens is 5. The lowest BCUT2D eigenvalue weighted by atomic mass is 10.0. The number of amides is 4. The van der Waals surface area contributed by atoms with Crippen molar-refractivity contribution >= 4 is 57.0 Å². The molecule has 15 heteroatoms. The SMILES string of the molecule is COC(=O)N[C@H](C(=O)N1[C@H](c2nc3ccc(-c4ccc5cc(-c6ccc7nc([C@@H]8C[C@H]9[C@@H](C)[C@H]9N8C(=O)[C@@H](NC(=O)OC)C(C)C)[nH]c7c6)ccc5n4)cc3[nH]2)C2[C@@H]3[C@H]1[C@]23C)C(C)C. The van der Waals surface area contributed by atoms with Crippen LogP contribution in [-0.4, -0.2) is 97.1 Å². The van der Waals surface area contributed by atoms with E-state index in [2.05, 4.69) is 70.8 Å². The number of aromatic amines is 2. The van der Waals surface area contributed by atoms with Crippen LogP contribution in [0, 0.1) is 40.9 Å². The third kappa shape index (κ3) is 6.02. The summed E-state index contributed by atoms with van der Waals surface area (Å²) in [6.45, 7) is 12.2. The van der Waals surface area contributed by atoms with Gasteiger partial charge in [-0.25, -0.2) is 24.5 Å². The van der Waals surface area contributed by atoms with Gasteiger partial charge in [-0.15, -0.1) is 0 Å². The van der Waals surface area contributed by atoms with Crippen molar-refractivity contribution in [3.05, 3.63) is 78.4 Å². The van der Waals surface area contributed by atoms with Gasteiger partial charge in [0.2, 0.25) is 11.8 Å². The molecule has 330 valence electrons. The van der Waals surface area contributed by atoms with E-state index in [1.54, 1.807) is 0 Å². The number of H-pyrrole nitrogens is 2. The van der Waals surface area contributed by atoms with Crippen LogP contribution >= 0.6 is 0 Å². The molecule has 0 radical (unpaired) electrons. The molecule has 11 atom stereocenters. The Hall–Kier alpha value is -6.51. The molecule has 4 amide bonds. The summed E-state index contributed by atoms with van der Waals surface area (Å²) in [7, 11) is 2.61. The molecule has 3 aromatic heterocycles. The molecule has 64 heavy (non-hydrogen) atoms. The Bertz CT molecular complexity index is 2940. The van der Waals surface area contributed by atoms with Gasteiger partial charge < -0.3 is 39.9 Å². The number of hydrogen-bond donors (Lipinski definition) is 4. The van der Waals surface area contributed by atoms with Crippen molar-refractivity contribution < 1.29 is 28.7 Å². The number of piperidine rings is 2. The second-order valence-electron chi connectivity index (χ2n) is 19.6. The topological polar surface area (TPSA) is 188 Å². The quantitative estimate of drug-likeness (QED) is 0.108. The maximum Gasteiger partial charge on any atom is 0.407 e. The number of benzene rings is 3. The number of nitrogens with zero attached hydrogens (tertiary/aromatic N) is 5. The Morgan fingerprint density at radius 1 is 0.703 bits per heavy atom. The van der Waals surface area contributed by atoms with Crippen molar-refractivity contribution in [1.29, 1.82) is 0 Å². The summed E-state index contributed by atoms with van der Waals surface area (Å²) >= 11 is 0. The van der Waals surface area contributed by atoms with E-state index in [4.69, 9.17) is 24.4 Å². The standard InChI is InChI=1S/C49H53N9O6/c1-21(2)38(55-47(61)63-7)45(59)57-35(20-28-23(5)40(28)57)43-51-31-15-10-25(18-33(31)53-43)24-9-13-29-26(17-24)11-14-30(50-29)27-12-16-32-34(19-27)54-44(52-32)41-36-37-42(49(36,37)6)58(41)46(60)39(22(3)4)56-48(62)64-8/h9-19,21-23,28,35-42H,20H2,1-8H3,(H,51,53)(H,52,54)(H,55,61)(H,56,62)/t23-,28+,35+,36?,37-,38+,39+,40-,41+,42+,49-/m1/s1. The number of fused-ring (bicyclic) bond motifs is 5. The lowest BCUT2D eigenvalue weighted by Crippen LogP contribution is -2.52. The Balaban J connectivity index is 0.827. The minimum atomic E-state index is -0.698. The fraction of sp³-hybridized carbons (Fsp3) is 0.449. The molecular weight excluding hydrogens is 811 g/mol. The van der Waals surface area contributed by atoms with Gasteiger partial charge in [-0.05, 0) is 101 Å². The Labute approximate surface area is 370 Å². The summed E-state index contributed by atoms with van der Waals surface area (Å²) < 4.78 is 9.69. The lowest BCUT2D eigenvalue weighted by Gasteiger charge is -2.32. The number of carbonyl (C=O) groups is 4. The number of imidazole rings is 2. The summed E-state index contributed by atoms with van der Waals surface area (Å²) in [5.41, 5.74) is 8.25. The van der Waals surface area contributed by atoms with E-state index in [1.165, 1.54) is 14.2 Å². The number of nitrogens with one attached hydrogen (secondary N) is 4. The zero-order valence-corrected chi connectivity index (χ0v) is 37.2. The van der Waals surface area contributed by atoms with Gasteiger partial charge in [0.25, 0.3) is 0 Å². The van der Waals surface area contributed by atoms with Crippen LogP contribution in [0.5, 0.6) is 0 Å². The van der Waals surface area contributed by atoms with E-state index in [0.717, 1.165) is 73.4 Å². The Kier molecular flexibility index (Phi) is 8.97. The van der Waals surface area contributed by atoms with Crippen LogP contribution in [0.1, 0.15) is 71.7 Å². The number of ether oxygens (including phenoxy) is 2. The van der Waals surface area contributed by atoms with Crippen LogP contribution in [0.4, 0.5) is 9.59 Å². The molecule has 6 aromatic rings. The highest BCUT2D eigenvalue weighted by molar-refractivity contribution is 5.92. The fourth-order valence-corrected chi connectivity index (χ4v) is 11.7. The van der Waals surface area contributed by atoms with Gasteiger partial charge in [0.1, 0.15) is 23.7 Å². The predicted molar refractivity (Wildman–Crippen MR) is 239 cm³/mol. The van der Waals surface area contributed by atoms with E-state index >= 15 is 0 Å². The highest BCUT2D eigenvalue weighted by Crippen LogP contribution is 2.90. The van der Waals surface area contributed by atoms with Gasteiger partial charge in [-0.2, -0.15) is 0 Å². The molecule has 3 saturated carbocycles. The molecule has 3 saturated heterocycles. The zero-order valence-electron chi connectivity index (χ0n) is 37.2. The molecule has 6 aliphatic rings. The van der Waals surface area contributed by atoms with Gasteiger partial charge in [0.15, 0.2) is 0 Å². The first-order chi connectivity index (χ1) is 30.7. The van der Waals surface area contributed by atoms with Crippen molar-refractivity contribution in [3.63, 3.8) is 0 Å². The molecule has 1 unspecified atom stereocenters.